The molecule has 0 amide bonds. The summed E-state index contributed by atoms with van der Waals surface area (Å²) < 4.78 is 0. The molecule has 150 valence electrons. The van der Waals surface area contributed by atoms with Crippen LogP contribution in [0.4, 0.5) is 11.8 Å². The van der Waals surface area contributed by atoms with E-state index in [1.165, 1.54) is 0 Å². The van der Waals surface area contributed by atoms with Gasteiger partial charge < -0.3 is 5.32 Å². The highest BCUT2D eigenvalue weighted by atomic mass is 15.2. The summed E-state index contributed by atoms with van der Waals surface area (Å²) in [6.07, 6.45) is 3.44. The van der Waals surface area contributed by atoms with Crippen LogP contribution in [0.15, 0.2) is 85.2 Å². The van der Waals surface area contributed by atoms with Gasteiger partial charge in [-0.25, -0.2) is 4.98 Å². The third-order valence-electron chi connectivity index (χ3n) is 4.86. The molecule has 0 fully saturated rings. The lowest BCUT2D eigenvalue weighted by molar-refractivity contribution is 1.05. The van der Waals surface area contributed by atoms with E-state index in [2.05, 4.69) is 30.5 Å². The Labute approximate surface area is 179 Å². The lowest BCUT2D eigenvalue weighted by atomic mass is 10.1. The highest BCUT2D eigenvalue weighted by molar-refractivity contribution is 5.68. The molecule has 7 heteroatoms. The van der Waals surface area contributed by atoms with Gasteiger partial charge >= 0.3 is 0 Å². The van der Waals surface area contributed by atoms with Crippen LogP contribution in [-0.2, 0) is 0 Å². The third-order valence-corrected chi connectivity index (χ3v) is 4.86. The summed E-state index contributed by atoms with van der Waals surface area (Å²) >= 11 is 0. The molecule has 5 rings (SSSR count). The number of aryl methyl sites for hydroxylation is 1. The molecular weight excluding hydrogens is 386 g/mol. The minimum atomic E-state index is 0.422. The maximum absolute atomic E-state index is 4.71. The molecule has 0 unspecified atom stereocenters. The highest BCUT2D eigenvalue weighted by Gasteiger charge is 2.13. The van der Waals surface area contributed by atoms with E-state index in [4.69, 9.17) is 4.98 Å². The molecular formula is C24H19N7. The SMILES string of the molecule is Cc1ccccc1-c1nc(Nc2cc(-c3ccccc3)[nH]n2)nc(-c2ccncc2)n1. The van der Waals surface area contributed by atoms with E-state index in [0.29, 0.717) is 23.4 Å². The van der Waals surface area contributed by atoms with Crippen molar-refractivity contribution in [1.82, 2.24) is 30.1 Å². The van der Waals surface area contributed by atoms with Crippen LogP contribution in [0.3, 0.4) is 0 Å². The molecule has 5 aromatic rings. The molecule has 31 heavy (non-hydrogen) atoms. The summed E-state index contributed by atoms with van der Waals surface area (Å²) in [4.78, 5) is 18.1. The van der Waals surface area contributed by atoms with Crippen LogP contribution in [0, 0.1) is 6.92 Å². The number of nitrogens with zero attached hydrogens (tertiary/aromatic N) is 5. The molecule has 0 aliphatic rings. The van der Waals surface area contributed by atoms with Gasteiger partial charge in [-0.1, -0.05) is 54.6 Å². The fourth-order valence-electron chi connectivity index (χ4n) is 3.27. The number of hydrogen-bond donors (Lipinski definition) is 2. The van der Waals surface area contributed by atoms with Crippen LogP contribution in [0.2, 0.25) is 0 Å². The lowest BCUT2D eigenvalue weighted by Gasteiger charge is -2.09. The Bertz CT molecular complexity index is 1310. The predicted octanol–water partition coefficient (Wildman–Crippen LogP) is 5.04. The smallest absolute Gasteiger partial charge is 0.232 e. The Morgan fingerprint density at radius 1 is 0.742 bits per heavy atom. The van der Waals surface area contributed by atoms with Crippen LogP contribution in [0.1, 0.15) is 5.56 Å². The molecule has 0 atom stereocenters. The lowest BCUT2D eigenvalue weighted by Crippen LogP contribution is -2.04. The van der Waals surface area contributed by atoms with Crippen molar-refractivity contribution in [1.29, 1.82) is 0 Å². The maximum atomic E-state index is 4.71. The van der Waals surface area contributed by atoms with Gasteiger partial charge in [0.1, 0.15) is 0 Å². The van der Waals surface area contributed by atoms with E-state index in [-0.39, 0.29) is 0 Å². The van der Waals surface area contributed by atoms with E-state index in [1.54, 1.807) is 12.4 Å². The van der Waals surface area contributed by atoms with Crippen molar-refractivity contribution in [2.24, 2.45) is 0 Å². The van der Waals surface area contributed by atoms with Crippen molar-refractivity contribution in [3.8, 4) is 34.0 Å². The van der Waals surface area contributed by atoms with Gasteiger partial charge in [-0.3, -0.25) is 10.1 Å². The van der Waals surface area contributed by atoms with Crippen molar-refractivity contribution in [3.05, 3.63) is 90.8 Å². The van der Waals surface area contributed by atoms with E-state index in [0.717, 1.165) is 27.9 Å². The second-order valence-electron chi connectivity index (χ2n) is 7.01. The van der Waals surface area contributed by atoms with Gasteiger partial charge in [0, 0.05) is 29.6 Å². The molecule has 0 aliphatic heterocycles. The second-order valence-corrected chi connectivity index (χ2v) is 7.01. The Balaban J connectivity index is 1.54. The highest BCUT2D eigenvalue weighted by Crippen LogP contribution is 2.26. The number of rotatable bonds is 5. The Kier molecular flexibility index (Phi) is 4.90. The summed E-state index contributed by atoms with van der Waals surface area (Å²) in [7, 11) is 0. The summed E-state index contributed by atoms with van der Waals surface area (Å²) in [6.45, 7) is 2.04. The van der Waals surface area contributed by atoms with E-state index < -0.39 is 0 Å². The number of benzene rings is 2. The molecule has 0 radical (unpaired) electrons. The number of hydrogen-bond acceptors (Lipinski definition) is 6. The zero-order valence-corrected chi connectivity index (χ0v) is 16.8. The number of anilines is 2. The maximum Gasteiger partial charge on any atom is 0.232 e. The molecule has 0 bridgehead atoms. The fraction of sp³-hybridized carbons (Fsp3) is 0.0417. The van der Waals surface area contributed by atoms with Crippen LogP contribution in [-0.4, -0.2) is 30.1 Å². The van der Waals surface area contributed by atoms with Gasteiger partial charge in [0.2, 0.25) is 5.95 Å². The zero-order chi connectivity index (χ0) is 21.0. The number of aromatic nitrogens is 6. The van der Waals surface area contributed by atoms with Crippen molar-refractivity contribution in [3.63, 3.8) is 0 Å². The van der Waals surface area contributed by atoms with Gasteiger partial charge in [0.25, 0.3) is 0 Å². The largest absolute Gasteiger partial charge is 0.307 e. The summed E-state index contributed by atoms with van der Waals surface area (Å²) in [5.41, 5.74) is 4.87. The standard InChI is InChI=1S/C24H19N7/c1-16-7-5-6-10-19(16)23-27-22(18-11-13-25-14-12-18)28-24(29-23)26-21-15-20(30-31-21)17-8-3-2-4-9-17/h2-15H,1H3,(H2,26,27,28,29,30,31). The first-order valence-corrected chi connectivity index (χ1v) is 9.86. The van der Waals surface area contributed by atoms with Gasteiger partial charge in [-0.15, -0.1) is 0 Å². The molecule has 0 saturated carbocycles. The van der Waals surface area contributed by atoms with E-state index in [1.807, 2.05) is 79.7 Å². The van der Waals surface area contributed by atoms with Gasteiger partial charge in [-0.05, 0) is 30.2 Å². The predicted molar refractivity (Wildman–Crippen MR) is 121 cm³/mol. The molecule has 3 aromatic heterocycles. The fourth-order valence-corrected chi connectivity index (χ4v) is 3.27. The van der Waals surface area contributed by atoms with Gasteiger partial charge in [-0.2, -0.15) is 15.1 Å². The first-order valence-electron chi connectivity index (χ1n) is 9.86. The molecule has 7 nitrogen and oxygen atoms in total. The van der Waals surface area contributed by atoms with Crippen molar-refractivity contribution in [2.45, 2.75) is 6.92 Å². The molecule has 2 aromatic carbocycles. The second kappa shape index (κ2) is 8.16. The molecule has 0 spiro atoms. The summed E-state index contributed by atoms with van der Waals surface area (Å²) in [5.74, 6) is 2.21. The molecule has 3 heterocycles. The van der Waals surface area contributed by atoms with Gasteiger partial charge in [0.15, 0.2) is 17.5 Å². The Morgan fingerprint density at radius 3 is 2.29 bits per heavy atom. The van der Waals surface area contributed by atoms with E-state index >= 15 is 0 Å². The topological polar surface area (TPSA) is 92.3 Å². The minimum Gasteiger partial charge on any atom is -0.307 e. The number of pyridine rings is 1. The minimum absolute atomic E-state index is 0.422. The number of aromatic amines is 1. The van der Waals surface area contributed by atoms with E-state index in [9.17, 15) is 0 Å². The van der Waals surface area contributed by atoms with Crippen LogP contribution in [0.25, 0.3) is 34.0 Å². The Hall–Kier alpha value is -4.39. The number of nitrogens with one attached hydrogen (secondary N) is 2. The average Bonchev–Trinajstić information content (AvgIpc) is 3.29. The molecule has 2 N–H and O–H groups in total. The van der Waals surface area contributed by atoms with Crippen LogP contribution in [0.5, 0.6) is 0 Å². The van der Waals surface area contributed by atoms with Crippen molar-refractivity contribution in [2.75, 3.05) is 5.32 Å². The first-order chi connectivity index (χ1) is 15.3. The van der Waals surface area contributed by atoms with Crippen LogP contribution >= 0.6 is 0 Å². The average molecular weight is 405 g/mol. The zero-order valence-electron chi connectivity index (χ0n) is 16.8. The normalized spacial score (nSPS) is 10.7. The molecule has 0 aliphatic carbocycles. The summed E-state index contributed by atoms with van der Waals surface area (Å²) in [6, 6.07) is 23.7. The molecule has 0 saturated heterocycles. The van der Waals surface area contributed by atoms with Crippen molar-refractivity contribution >= 4 is 11.8 Å². The monoisotopic (exact) mass is 405 g/mol. The Morgan fingerprint density at radius 2 is 1.48 bits per heavy atom. The first kappa shape index (κ1) is 18.6. The quantitative estimate of drug-likeness (QED) is 0.425. The van der Waals surface area contributed by atoms with Crippen molar-refractivity contribution < 1.29 is 0 Å². The number of H-pyrrole nitrogens is 1. The summed E-state index contributed by atoms with van der Waals surface area (Å²) in [5, 5.41) is 10.6. The van der Waals surface area contributed by atoms with Gasteiger partial charge in [0.05, 0.1) is 5.69 Å². The third kappa shape index (κ3) is 4.02. The van der Waals surface area contributed by atoms with Crippen LogP contribution < -0.4 is 5.32 Å².